The Kier molecular flexibility index (Phi) is 4.56. The van der Waals surface area contributed by atoms with Gasteiger partial charge in [0, 0.05) is 13.1 Å². The number of nitrogens with zero attached hydrogens (tertiary/aromatic N) is 1. The van der Waals surface area contributed by atoms with E-state index >= 15 is 0 Å². The summed E-state index contributed by atoms with van der Waals surface area (Å²) in [6.07, 6.45) is 5.49. The van der Waals surface area contributed by atoms with Crippen molar-refractivity contribution in [3.63, 3.8) is 0 Å². The van der Waals surface area contributed by atoms with Gasteiger partial charge in [0.2, 0.25) is 0 Å². The molecule has 1 aromatic carbocycles. The van der Waals surface area contributed by atoms with Gasteiger partial charge in [0.15, 0.2) is 5.76 Å². The van der Waals surface area contributed by atoms with E-state index in [4.69, 9.17) is 4.42 Å². The Hall–Kier alpha value is -2.10. The first-order valence-electron chi connectivity index (χ1n) is 7.79. The number of piperidine rings is 1. The Labute approximate surface area is 129 Å². The van der Waals surface area contributed by atoms with Crippen molar-refractivity contribution in [2.45, 2.75) is 25.7 Å². The minimum absolute atomic E-state index is 0.0274. The van der Waals surface area contributed by atoms with E-state index in [1.807, 2.05) is 11.0 Å². The minimum atomic E-state index is -0.184. The molecule has 1 unspecified atom stereocenters. The molecule has 1 atom stereocenters. The van der Waals surface area contributed by atoms with Gasteiger partial charge in [-0.2, -0.15) is 0 Å². The van der Waals surface area contributed by atoms with Crippen LogP contribution < -0.4 is 0 Å². The molecule has 2 aromatic rings. The van der Waals surface area contributed by atoms with Crippen LogP contribution in [0, 0.1) is 11.7 Å². The first-order valence-corrected chi connectivity index (χ1v) is 7.79. The number of hydrogen-bond donors (Lipinski definition) is 0. The lowest BCUT2D eigenvalue weighted by molar-refractivity contribution is 0.0636. The van der Waals surface area contributed by atoms with Gasteiger partial charge < -0.3 is 9.32 Å². The zero-order chi connectivity index (χ0) is 15.4. The monoisotopic (exact) mass is 301 g/mol. The Balaban J connectivity index is 1.55. The summed E-state index contributed by atoms with van der Waals surface area (Å²) in [5, 5.41) is 0. The van der Waals surface area contributed by atoms with Crippen molar-refractivity contribution in [1.82, 2.24) is 4.90 Å². The zero-order valence-electron chi connectivity index (χ0n) is 12.5. The van der Waals surface area contributed by atoms with Gasteiger partial charge >= 0.3 is 0 Å². The topological polar surface area (TPSA) is 33.5 Å². The maximum absolute atomic E-state index is 13.2. The number of hydrogen-bond acceptors (Lipinski definition) is 2. The number of benzene rings is 1. The normalized spacial score (nSPS) is 18.4. The lowest BCUT2D eigenvalue weighted by atomic mass is 9.91. The quantitative estimate of drug-likeness (QED) is 0.858. The largest absolute Gasteiger partial charge is 0.459 e. The fourth-order valence-electron chi connectivity index (χ4n) is 3.10. The fraction of sp³-hybridized carbons (Fsp3) is 0.389. The van der Waals surface area contributed by atoms with Crippen LogP contribution in [0.15, 0.2) is 47.1 Å². The highest BCUT2D eigenvalue weighted by Gasteiger charge is 2.25. The maximum atomic E-state index is 13.2. The van der Waals surface area contributed by atoms with E-state index in [9.17, 15) is 9.18 Å². The predicted octanol–water partition coefficient (Wildman–Crippen LogP) is 3.90. The van der Waals surface area contributed by atoms with E-state index < -0.39 is 0 Å². The number of halogens is 1. The molecule has 1 fully saturated rings. The predicted molar refractivity (Wildman–Crippen MR) is 82.1 cm³/mol. The second kappa shape index (κ2) is 6.77. The van der Waals surface area contributed by atoms with E-state index in [1.165, 1.54) is 12.3 Å². The highest BCUT2D eigenvalue weighted by Crippen LogP contribution is 2.23. The highest BCUT2D eigenvalue weighted by molar-refractivity contribution is 5.91. The second-order valence-electron chi connectivity index (χ2n) is 5.91. The summed E-state index contributed by atoms with van der Waals surface area (Å²) in [5.74, 6) is 0.665. The minimum Gasteiger partial charge on any atom is -0.459 e. The van der Waals surface area contributed by atoms with Crippen LogP contribution in [0.1, 0.15) is 35.4 Å². The van der Waals surface area contributed by atoms with E-state index in [2.05, 4.69) is 0 Å². The second-order valence-corrected chi connectivity index (χ2v) is 5.91. The van der Waals surface area contributed by atoms with E-state index in [0.29, 0.717) is 11.7 Å². The molecular formula is C18H20FNO2. The fourth-order valence-corrected chi connectivity index (χ4v) is 3.10. The average Bonchev–Trinajstić information content (AvgIpc) is 3.07. The van der Waals surface area contributed by atoms with Crippen LogP contribution in [0.5, 0.6) is 0 Å². The first-order chi connectivity index (χ1) is 10.7. The molecular weight excluding hydrogens is 281 g/mol. The number of furan rings is 1. The Bertz CT molecular complexity index is 624. The van der Waals surface area contributed by atoms with Crippen molar-refractivity contribution in [3.05, 3.63) is 59.8 Å². The summed E-state index contributed by atoms with van der Waals surface area (Å²) in [7, 11) is 0. The molecule has 0 aliphatic carbocycles. The highest BCUT2D eigenvalue weighted by atomic mass is 19.1. The van der Waals surface area contributed by atoms with Gasteiger partial charge in [-0.3, -0.25) is 4.79 Å². The van der Waals surface area contributed by atoms with Crippen molar-refractivity contribution in [2.24, 2.45) is 5.92 Å². The van der Waals surface area contributed by atoms with Crippen LogP contribution in [0.4, 0.5) is 4.39 Å². The zero-order valence-corrected chi connectivity index (χ0v) is 12.5. The van der Waals surface area contributed by atoms with Crippen molar-refractivity contribution >= 4 is 5.91 Å². The van der Waals surface area contributed by atoms with Crippen LogP contribution in [-0.4, -0.2) is 23.9 Å². The van der Waals surface area contributed by atoms with Gasteiger partial charge in [-0.15, -0.1) is 0 Å². The Morgan fingerprint density at radius 3 is 3.00 bits per heavy atom. The molecule has 1 saturated heterocycles. The summed E-state index contributed by atoms with van der Waals surface area (Å²) in [6.45, 7) is 1.55. The molecule has 1 amide bonds. The molecule has 2 heterocycles. The Morgan fingerprint density at radius 2 is 2.23 bits per heavy atom. The molecule has 0 bridgehead atoms. The number of carbonyl (C=O) groups excluding carboxylic acids is 1. The number of rotatable bonds is 4. The summed E-state index contributed by atoms with van der Waals surface area (Å²) >= 11 is 0. The Morgan fingerprint density at radius 1 is 1.32 bits per heavy atom. The number of carbonyl (C=O) groups is 1. The molecule has 1 aliphatic rings. The van der Waals surface area contributed by atoms with Gasteiger partial charge in [-0.05, 0) is 61.4 Å². The van der Waals surface area contributed by atoms with Crippen LogP contribution in [0.25, 0.3) is 0 Å². The molecule has 0 saturated carbocycles. The van der Waals surface area contributed by atoms with Crippen molar-refractivity contribution in [3.8, 4) is 0 Å². The SMILES string of the molecule is O=C(c1ccco1)N1CCCC(CCc2cccc(F)c2)C1. The van der Waals surface area contributed by atoms with Crippen molar-refractivity contribution in [1.29, 1.82) is 0 Å². The van der Waals surface area contributed by atoms with Crippen LogP contribution in [0.2, 0.25) is 0 Å². The molecule has 3 rings (SSSR count). The summed E-state index contributed by atoms with van der Waals surface area (Å²) in [6, 6.07) is 10.2. The molecule has 0 spiro atoms. The van der Waals surface area contributed by atoms with Gasteiger partial charge in [-0.1, -0.05) is 12.1 Å². The van der Waals surface area contributed by atoms with E-state index in [-0.39, 0.29) is 11.7 Å². The third kappa shape index (κ3) is 3.56. The first kappa shape index (κ1) is 14.8. The van der Waals surface area contributed by atoms with Crippen LogP contribution in [0.3, 0.4) is 0 Å². The number of amides is 1. The molecule has 4 heteroatoms. The van der Waals surface area contributed by atoms with Gasteiger partial charge in [0.1, 0.15) is 5.82 Å². The maximum Gasteiger partial charge on any atom is 0.289 e. The molecule has 0 radical (unpaired) electrons. The molecule has 1 aromatic heterocycles. The van der Waals surface area contributed by atoms with Crippen molar-refractivity contribution in [2.75, 3.05) is 13.1 Å². The molecule has 3 nitrogen and oxygen atoms in total. The van der Waals surface area contributed by atoms with Gasteiger partial charge in [0.25, 0.3) is 5.91 Å². The lowest BCUT2D eigenvalue weighted by Gasteiger charge is -2.32. The van der Waals surface area contributed by atoms with Crippen LogP contribution >= 0.6 is 0 Å². The van der Waals surface area contributed by atoms with Gasteiger partial charge in [-0.25, -0.2) is 4.39 Å². The molecule has 0 N–H and O–H groups in total. The lowest BCUT2D eigenvalue weighted by Crippen LogP contribution is -2.39. The smallest absolute Gasteiger partial charge is 0.289 e. The van der Waals surface area contributed by atoms with Crippen LogP contribution in [-0.2, 0) is 6.42 Å². The van der Waals surface area contributed by atoms with E-state index in [0.717, 1.165) is 44.3 Å². The average molecular weight is 301 g/mol. The van der Waals surface area contributed by atoms with E-state index in [1.54, 1.807) is 24.3 Å². The summed E-state index contributed by atoms with van der Waals surface area (Å²) in [4.78, 5) is 14.2. The number of aryl methyl sites for hydroxylation is 1. The molecule has 1 aliphatic heterocycles. The molecule has 116 valence electrons. The number of likely N-dealkylation sites (tertiary alicyclic amines) is 1. The van der Waals surface area contributed by atoms with Gasteiger partial charge in [0.05, 0.1) is 6.26 Å². The third-order valence-corrected chi connectivity index (χ3v) is 4.27. The van der Waals surface area contributed by atoms with Crippen molar-refractivity contribution < 1.29 is 13.6 Å². The summed E-state index contributed by atoms with van der Waals surface area (Å²) < 4.78 is 18.4. The molecule has 22 heavy (non-hydrogen) atoms. The third-order valence-electron chi connectivity index (χ3n) is 4.27. The summed E-state index contributed by atoms with van der Waals surface area (Å²) in [5.41, 5.74) is 1.02. The standard InChI is InChI=1S/C18H20FNO2/c19-16-6-1-4-14(12-16)8-9-15-5-2-10-20(13-15)18(21)17-7-3-11-22-17/h1,3-4,6-7,11-12,15H,2,5,8-10,13H2.